The van der Waals surface area contributed by atoms with Crippen LogP contribution in [0.2, 0.25) is 15.1 Å². The second-order valence-corrected chi connectivity index (χ2v) is 6.02. The molecule has 0 fully saturated rings. The van der Waals surface area contributed by atoms with Gasteiger partial charge in [0.25, 0.3) is 0 Å². The van der Waals surface area contributed by atoms with Crippen molar-refractivity contribution < 1.29 is 14.6 Å². The van der Waals surface area contributed by atoms with Crippen molar-refractivity contribution in [3.63, 3.8) is 0 Å². The van der Waals surface area contributed by atoms with Crippen LogP contribution in [0.5, 0.6) is 5.75 Å². The summed E-state index contributed by atoms with van der Waals surface area (Å²) >= 11 is 18.4. The van der Waals surface area contributed by atoms with E-state index in [1.807, 2.05) is 0 Å². The van der Waals surface area contributed by atoms with E-state index in [-0.39, 0.29) is 6.42 Å². The van der Waals surface area contributed by atoms with Crippen molar-refractivity contribution in [3.8, 4) is 5.75 Å². The van der Waals surface area contributed by atoms with Crippen molar-refractivity contribution in [2.24, 2.45) is 0 Å². The number of aliphatic carboxylic acids is 1. The lowest BCUT2D eigenvalue weighted by Crippen LogP contribution is -1.95. The summed E-state index contributed by atoms with van der Waals surface area (Å²) in [6, 6.07) is 1.65. The largest absolute Gasteiger partial charge is 0.494 e. The second kappa shape index (κ2) is 9.39. The van der Waals surface area contributed by atoms with Crippen LogP contribution in [0.15, 0.2) is 6.07 Å². The van der Waals surface area contributed by atoms with Crippen LogP contribution in [0.1, 0.15) is 44.1 Å². The number of rotatable bonds is 9. The fourth-order valence-corrected chi connectivity index (χ4v) is 3.24. The monoisotopic (exact) mass is 352 g/mol. The first-order valence-electron chi connectivity index (χ1n) is 6.89. The van der Waals surface area contributed by atoms with E-state index < -0.39 is 5.97 Å². The quantitative estimate of drug-likeness (QED) is 0.586. The maximum absolute atomic E-state index is 10.4. The van der Waals surface area contributed by atoms with E-state index in [0.717, 1.165) is 44.1 Å². The standard InChI is InChI=1S/C15H19Cl3O3/c1-21-15-12(17)9-11(16)10(14(15)18)7-5-3-2-4-6-8-13(19)20/h9H,2-8H2,1H3,(H,19,20). The number of carbonyl (C=O) groups is 1. The van der Waals surface area contributed by atoms with Gasteiger partial charge in [-0.15, -0.1) is 0 Å². The Balaban J connectivity index is 2.44. The fraction of sp³-hybridized carbons (Fsp3) is 0.533. The molecule has 0 radical (unpaired) electrons. The molecule has 3 nitrogen and oxygen atoms in total. The average Bonchev–Trinajstić information content (AvgIpc) is 2.40. The molecular formula is C15H19Cl3O3. The van der Waals surface area contributed by atoms with Crippen LogP contribution in [0.3, 0.4) is 0 Å². The summed E-state index contributed by atoms with van der Waals surface area (Å²) in [5.41, 5.74) is 0.852. The molecule has 0 atom stereocenters. The van der Waals surface area contributed by atoms with Crippen molar-refractivity contribution in [1.29, 1.82) is 0 Å². The van der Waals surface area contributed by atoms with Crippen molar-refractivity contribution >= 4 is 40.8 Å². The minimum atomic E-state index is -0.734. The molecule has 6 heteroatoms. The predicted octanol–water partition coefficient (Wildman–Crippen LogP) is 5.62. The molecule has 1 rings (SSSR count). The molecule has 0 bridgehead atoms. The number of methoxy groups -OCH3 is 1. The molecule has 0 spiro atoms. The third kappa shape index (κ3) is 5.93. The van der Waals surface area contributed by atoms with E-state index in [9.17, 15) is 4.79 Å². The van der Waals surface area contributed by atoms with Crippen LogP contribution in [0.4, 0.5) is 0 Å². The summed E-state index contributed by atoms with van der Waals surface area (Å²) in [6.07, 6.45) is 5.61. The zero-order chi connectivity index (χ0) is 15.8. The van der Waals surface area contributed by atoms with Crippen LogP contribution in [-0.4, -0.2) is 18.2 Å². The van der Waals surface area contributed by atoms with Crippen LogP contribution in [0.25, 0.3) is 0 Å². The van der Waals surface area contributed by atoms with E-state index in [4.69, 9.17) is 44.6 Å². The Morgan fingerprint density at radius 3 is 2.33 bits per heavy atom. The molecule has 0 aliphatic heterocycles. The number of benzene rings is 1. The molecule has 1 aromatic carbocycles. The lowest BCUT2D eigenvalue weighted by Gasteiger charge is -2.12. The maximum atomic E-state index is 10.4. The van der Waals surface area contributed by atoms with Gasteiger partial charge in [0.05, 0.1) is 17.2 Å². The van der Waals surface area contributed by atoms with Gasteiger partial charge in [0.1, 0.15) is 0 Å². The van der Waals surface area contributed by atoms with Gasteiger partial charge in [-0.3, -0.25) is 4.79 Å². The number of hydrogen-bond acceptors (Lipinski definition) is 2. The summed E-state index contributed by atoms with van der Waals surface area (Å²) < 4.78 is 5.18. The van der Waals surface area contributed by atoms with Crippen LogP contribution in [0, 0.1) is 0 Å². The number of halogens is 3. The molecule has 1 aromatic rings. The molecule has 0 aliphatic rings. The molecule has 118 valence electrons. The zero-order valence-corrected chi connectivity index (χ0v) is 14.2. The van der Waals surface area contributed by atoms with Crippen molar-refractivity contribution in [2.45, 2.75) is 44.9 Å². The summed E-state index contributed by atoms with van der Waals surface area (Å²) in [5.74, 6) is -0.277. The highest BCUT2D eigenvalue weighted by Gasteiger charge is 2.15. The highest BCUT2D eigenvalue weighted by molar-refractivity contribution is 6.41. The summed E-state index contributed by atoms with van der Waals surface area (Å²) in [5, 5.41) is 9.98. The number of carboxylic acids is 1. The van der Waals surface area contributed by atoms with Gasteiger partial charge >= 0.3 is 5.97 Å². The van der Waals surface area contributed by atoms with Gasteiger partial charge < -0.3 is 9.84 Å². The first kappa shape index (κ1) is 18.4. The van der Waals surface area contributed by atoms with Crippen molar-refractivity contribution in [3.05, 3.63) is 26.7 Å². The average molecular weight is 354 g/mol. The van der Waals surface area contributed by atoms with Gasteiger partial charge in [0.15, 0.2) is 5.75 Å². The van der Waals surface area contributed by atoms with E-state index in [0.29, 0.717) is 20.8 Å². The predicted molar refractivity (Wildman–Crippen MR) is 87.1 cm³/mol. The summed E-state index contributed by atoms with van der Waals surface area (Å²) in [7, 11) is 1.52. The Morgan fingerprint density at radius 2 is 1.71 bits per heavy atom. The fourth-order valence-electron chi connectivity index (χ4n) is 2.14. The van der Waals surface area contributed by atoms with Gasteiger partial charge in [-0.2, -0.15) is 0 Å². The lowest BCUT2D eigenvalue weighted by atomic mass is 10.0. The third-order valence-electron chi connectivity index (χ3n) is 3.24. The molecule has 0 unspecified atom stereocenters. The third-order valence-corrected chi connectivity index (χ3v) is 4.26. The molecule has 0 aromatic heterocycles. The SMILES string of the molecule is COc1c(Cl)cc(Cl)c(CCCCCCCC(=O)O)c1Cl. The Kier molecular flexibility index (Phi) is 8.23. The second-order valence-electron chi connectivity index (χ2n) is 4.83. The highest BCUT2D eigenvalue weighted by Crippen LogP contribution is 2.40. The lowest BCUT2D eigenvalue weighted by molar-refractivity contribution is -0.137. The summed E-state index contributed by atoms with van der Waals surface area (Å²) in [6.45, 7) is 0. The maximum Gasteiger partial charge on any atom is 0.303 e. The van der Waals surface area contributed by atoms with E-state index in [1.165, 1.54) is 7.11 Å². The van der Waals surface area contributed by atoms with E-state index in [1.54, 1.807) is 6.07 Å². The number of hydrogen-bond donors (Lipinski definition) is 1. The van der Waals surface area contributed by atoms with Gasteiger partial charge in [-0.25, -0.2) is 0 Å². The highest BCUT2D eigenvalue weighted by atomic mass is 35.5. The van der Waals surface area contributed by atoms with Crippen LogP contribution >= 0.6 is 34.8 Å². The molecule has 1 N–H and O–H groups in total. The molecule has 0 amide bonds. The van der Waals surface area contributed by atoms with Crippen LogP contribution in [-0.2, 0) is 11.2 Å². The zero-order valence-electron chi connectivity index (χ0n) is 11.9. The molecule has 21 heavy (non-hydrogen) atoms. The molecule has 0 saturated carbocycles. The Bertz CT molecular complexity index is 490. The van der Waals surface area contributed by atoms with Gasteiger partial charge in [-0.05, 0) is 30.9 Å². The number of unbranched alkanes of at least 4 members (excludes halogenated alkanes) is 4. The van der Waals surface area contributed by atoms with Gasteiger partial charge in [0.2, 0.25) is 0 Å². The normalized spacial score (nSPS) is 10.7. The number of ether oxygens (including phenoxy) is 1. The molecule has 0 heterocycles. The first-order chi connectivity index (χ1) is 9.97. The summed E-state index contributed by atoms with van der Waals surface area (Å²) in [4.78, 5) is 10.4. The Labute approximate surface area is 140 Å². The van der Waals surface area contributed by atoms with Gasteiger partial charge in [0, 0.05) is 11.4 Å². The van der Waals surface area contributed by atoms with E-state index >= 15 is 0 Å². The van der Waals surface area contributed by atoms with Crippen LogP contribution < -0.4 is 4.74 Å². The van der Waals surface area contributed by atoms with Crippen molar-refractivity contribution in [1.82, 2.24) is 0 Å². The minimum Gasteiger partial charge on any atom is -0.494 e. The topological polar surface area (TPSA) is 46.5 Å². The Hall–Kier alpha value is -0.640. The van der Waals surface area contributed by atoms with Gasteiger partial charge in [-0.1, -0.05) is 54.1 Å². The molecule has 0 saturated heterocycles. The first-order valence-corrected chi connectivity index (χ1v) is 8.03. The minimum absolute atomic E-state index is 0.242. The molecule has 0 aliphatic carbocycles. The smallest absolute Gasteiger partial charge is 0.303 e. The van der Waals surface area contributed by atoms with E-state index in [2.05, 4.69) is 0 Å². The molecular weight excluding hydrogens is 335 g/mol. The number of carboxylic acid groups (broad SMARTS) is 1. The van der Waals surface area contributed by atoms with Crippen molar-refractivity contribution in [2.75, 3.05) is 7.11 Å². The Morgan fingerprint density at radius 1 is 1.10 bits per heavy atom.